The Kier molecular flexibility index (Phi) is 6.73. The van der Waals surface area contributed by atoms with E-state index in [4.69, 9.17) is 16.3 Å². The van der Waals surface area contributed by atoms with Gasteiger partial charge in [0, 0.05) is 23.4 Å². The third kappa shape index (κ3) is 4.97. The van der Waals surface area contributed by atoms with E-state index in [-0.39, 0.29) is 18.5 Å². The molecule has 4 aromatic carbocycles. The van der Waals surface area contributed by atoms with Gasteiger partial charge in [-0.05, 0) is 78.4 Å². The predicted molar refractivity (Wildman–Crippen MR) is 153 cm³/mol. The second kappa shape index (κ2) is 10.5. The fraction of sp³-hybridized carbons (Fsp3) is 0.182. The summed E-state index contributed by atoms with van der Waals surface area (Å²) in [5.41, 5.74) is 7.43. The average molecular weight is 523 g/mol. The van der Waals surface area contributed by atoms with Crippen molar-refractivity contribution < 1.29 is 9.13 Å². The van der Waals surface area contributed by atoms with Crippen LogP contribution in [0.5, 0.6) is 5.75 Å². The van der Waals surface area contributed by atoms with Gasteiger partial charge in [0.15, 0.2) is 0 Å². The van der Waals surface area contributed by atoms with E-state index in [2.05, 4.69) is 71.8 Å². The molecule has 1 aliphatic carbocycles. The fourth-order valence-corrected chi connectivity index (χ4v) is 5.69. The SMILES string of the molecule is Cc1ccc2c(c1)[C@@H]1C=CC[C@H]1[C@@H](c1ccc(N=Cc3ccc(OCc4ccccc4F)c(Cl)c3)cc1)N2. The standard InChI is InChI=1S/C33H28ClFN2O/c1-21-9-15-31-28(17-21)26-6-4-7-27(26)33(37-31)23-11-13-25(14-12-23)36-19-22-10-16-32(29(34)18-22)38-20-24-5-2-3-8-30(24)35/h2-6,8-19,26-27,33,37H,7,20H2,1H3/t26-,27-,33-/m1/s1. The number of hydrogen-bond acceptors (Lipinski definition) is 3. The molecule has 1 heterocycles. The zero-order chi connectivity index (χ0) is 26.1. The van der Waals surface area contributed by atoms with E-state index in [0.717, 1.165) is 17.7 Å². The lowest BCUT2D eigenvalue weighted by Crippen LogP contribution is -2.29. The molecule has 0 fully saturated rings. The van der Waals surface area contributed by atoms with E-state index in [9.17, 15) is 4.39 Å². The first-order valence-corrected chi connectivity index (χ1v) is 13.3. The Hall–Kier alpha value is -3.89. The van der Waals surface area contributed by atoms with Crippen LogP contribution in [0, 0.1) is 18.7 Å². The molecule has 0 saturated carbocycles. The lowest BCUT2D eigenvalue weighted by atomic mass is 9.76. The minimum Gasteiger partial charge on any atom is -0.487 e. The van der Waals surface area contributed by atoms with Gasteiger partial charge in [-0.3, -0.25) is 4.99 Å². The van der Waals surface area contributed by atoms with Crippen LogP contribution in [0.1, 0.15) is 46.2 Å². The maximum Gasteiger partial charge on any atom is 0.138 e. The molecule has 0 unspecified atom stereocenters. The highest BCUT2D eigenvalue weighted by Gasteiger charge is 2.37. The van der Waals surface area contributed by atoms with E-state index >= 15 is 0 Å². The number of nitrogens with zero attached hydrogens (tertiary/aromatic N) is 1. The summed E-state index contributed by atoms with van der Waals surface area (Å²) in [6.07, 6.45) is 7.56. The minimum absolute atomic E-state index is 0.116. The molecule has 0 bridgehead atoms. The van der Waals surface area contributed by atoms with Crippen LogP contribution in [0.2, 0.25) is 5.02 Å². The van der Waals surface area contributed by atoms with Crippen molar-refractivity contribution in [2.45, 2.75) is 31.9 Å². The highest BCUT2D eigenvalue weighted by atomic mass is 35.5. The van der Waals surface area contributed by atoms with Crippen LogP contribution >= 0.6 is 11.6 Å². The number of benzene rings is 4. The van der Waals surface area contributed by atoms with Crippen LogP contribution in [0.15, 0.2) is 102 Å². The van der Waals surface area contributed by atoms with Crippen molar-refractivity contribution in [3.8, 4) is 5.75 Å². The minimum atomic E-state index is -0.294. The molecule has 2 aliphatic rings. The largest absolute Gasteiger partial charge is 0.487 e. The van der Waals surface area contributed by atoms with Gasteiger partial charge in [-0.25, -0.2) is 4.39 Å². The second-order valence-corrected chi connectivity index (χ2v) is 10.4. The molecule has 0 spiro atoms. The Morgan fingerprint density at radius 3 is 2.68 bits per heavy atom. The number of fused-ring (bicyclic) bond motifs is 3. The quantitative estimate of drug-likeness (QED) is 0.202. The molecule has 190 valence electrons. The topological polar surface area (TPSA) is 33.6 Å². The molecular weight excluding hydrogens is 495 g/mol. The number of aryl methyl sites for hydroxylation is 1. The van der Waals surface area contributed by atoms with Gasteiger partial charge in [0.05, 0.1) is 16.8 Å². The fourth-order valence-electron chi connectivity index (χ4n) is 5.45. The lowest BCUT2D eigenvalue weighted by Gasteiger charge is -2.37. The van der Waals surface area contributed by atoms with Gasteiger partial charge in [0.25, 0.3) is 0 Å². The molecule has 5 heteroatoms. The predicted octanol–water partition coefficient (Wildman–Crippen LogP) is 8.94. The molecule has 6 rings (SSSR count). The highest BCUT2D eigenvalue weighted by molar-refractivity contribution is 6.32. The summed E-state index contributed by atoms with van der Waals surface area (Å²) in [7, 11) is 0. The monoisotopic (exact) mass is 522 g/mol. The smallest absolute Gasteiger partial charge is 0.138 e. The maximum absolute atomic E-state index is 13.8. The summed E-state index contributed by atoms with van der Waals surface area (Å²) in [5.74, 6) is 1.18. The summed E-state index contributed by atoms with van der Waals surface area (Å²) in [6, 6.07) is 27.4. The maximum atomic E-state index is 13.8. The molecule has 0 radical (unpaired) electrons. The molecule has 0 saturated heterocycles. The molecule has 0 aromatic heterocycles. The molecule has 3 nitrogen and oxygen atoms in total. The van der Waals surface area contributed by atoms with E-state index < -0.39 is 0 Å². The zero-order valence-electron chi connectivity index (χ0n) is 21.1. The number of anilines is 1. The first-order valence-electron chi connectivity index (χ1n) is 12.9. The highest BCUT2D eigenvalue weighted by Crippen LogP contribution is 2.50. The van der Waals surface area contributed by atoms with E-state index in [1.807, 2.05) is 6.07 Å². The van der Waals surface area contributed by atoms with Crippen LogP contribution in [-0.2, 0) is 6.61 Å². The van der Waals surface area contributed by atoms with Gasteiger partial charge in [-0.2, -0.15) is 0 Å². The van der Waals surface area contributed by atoms with Crippen LogP contribution < -0.4 is 10.1 Å². The molecule has 0 amide bonds. The third-order valence-electron chi connectivity index (χ3n) is 7.43. The van der Waals surface area contributed by atoms with Crippen LogP contribution in [0.25, 0.3) is 0 Å². The first kappa shape index (κ1) is 24.4. The van der Waals surface area contributed by atoms with Crippen molar-refractivity contribution >= 4 is 29.2 Å². The van der Waals surface area contributed by atoms with Crippen molar-refractivity contribution in [2.75, 3.05) is 5.32 Å². The number of hydrogen-bond donors (Lipinski definition) is 1. The molecule has 38 heavy (non-hydrogen) atoms. The van der Waals surface area contributed by atoms with Crippen molar-refractivity contribution in [3.05, 3.63) is 136 Å². The zero-order valence-corrected chi connectivity index (χ0v) is 21.8. The summed E-state index contributed by atoms with van der Waals surface area (Å²) < 4.78 is 19.6. The molecule has 4 aromatic rings. The van der Waals surface area contributed by atoms with E-state index in [1.165, 1.54) is 28.4 Å². The Bertz CT molecular complexity index is 1530. The Balaban J connectivity index is 1.13. The normalized spacial score (nSPS) is 19.7. The van der Waals surface area contributed by atoms with Gasteiger partial charge in [0.1, 0.15) is 18.2 Å². The van der Waals surface area contributed by atoms with Gasteiger partial charge in [0.2, 0.25) is 0 Å². The molecule has 1 N–H and O–H groups in total. The summed E-state index contributed by atoms with van der Waals surface area (Å²) in [4.78, 5) is 4.64. The van der Waals surface area contributed by atoms with Gasteiger partial charge in [-0.15, -0.1) is 0 Å². The average Bonchev–Trinajstić information content (AvgIpc) is 3.43. The number of rotatable bonds is 6. The molecule has 1 aliphatic heterocycles. The Labute approximate surface area is 227 Å². The number of nitrogens with one attached hydrogen (secondary N) is 1. The van der Waals surface area contributed by atoms with Crippen LogP contribution in [0.3, 0.4) is 0 Å². The number of halogens is 2. The van der Waals surface area contributed by atoms with Crippen molar-refractivity contribution in [1.82, 2.24) is 0 Å². The van der Waals surface area contributed by atoms with E-state index in [0.29, 0.717) is 28.2 Å². The number of ether oxygens (including phenoxy) is 1. The van der Waals surface area contributed by atoms with E-state index in [1.54, 1.807) is 36.5 Å². The van der Waals surface area contributed by atoms with Crippen molar-refractivity contribution in [2.24, 2.45) is 10.9 Å². The molecular formula is C33H28ClFN2O. The van der Waals surface area contributed by atoms with Gasteiger partial charge in [-0.1, -0.05) is 71.8 Å². The third-order valence-corrected chi connectivity index (χ3v) is 7.73. The summed E-state index contributed by atoms with van der Waals surface area (Å²) in [6.45, 7) is 2.27. The second-order valence-electron chi connectivity index (χ2n) is 9.99. The molecule has 3 atom stereocenters. The van der Waals surface area contributed by atoms with Crippen molar-refractivity contribution in [1.29, 1.82) is 0 Å². The van der Waals surface area contributed by atoms with Gasteiger partial charge < -0.3 is 10.1 Å². The Morgan fingerprint density at radius 1 is 1.03 bits per heavy atom. The Morgan fingerprint density at radius 2 is 1.87 bits per heavy atom. The lowest BCUT2D eigenvalue weighted by molar-refractivity contribution is 0.300. The number of aliphatic imine (C=N–C) groups is 1. The summed E-state index contributed by atoms with van der Waals surface area (Å²) >= 11 is 6.42. The van der Waals surface area contributed by atoms with Crippen LogP contribution in [0.4, 0.5) is 15.8 Å². The van der Waals surface area contributed by atoms with Crippen molar-refractivity contribution in [3.63, 3.8) is 0 Å². The van der Waals surface area contributed by atoms with Crippen LogP contribution in [-0.4, -0.2) is 6.21 Å². The first-order chi connectivity index (χ1) is 18.5. The summed E-state index contributed by atoms with van der Waals surface area (Å²) in [5, 5.41) is 4.26. The van der Waals surface area contributed by atoms with Gasteiger partial charge >= 0.3 is 0 Å². The number of allylic oxidation sites excluding steroid dienone is 2.